The molecule has 1 aliphatic rings. The number of rotatable bonds is 5. The molecule has 1 saturated heterocycles. The van der Waals surface area contributed by atoms with E-state index in [1.807, 2.05) is 6.07 Å². The van der Waals surface area contributed by atoms with Gasteiger partial charge in [-0.2, -0.15) is 0 Å². The summed E-state index contributed by atoms with van der Waals surface area (Å²) >= 11 is 5.95. The summed E-state index contributed by atoms with van der Waals surface area (Å²) in [6.45, 7) is 1.42. The standard InChI is InChI=1S/C20H22ClFN2O3S/c21-18-4-1-3-16(15-18)9-14-28(26,27)24-11-2-10-23(12-13-24)20(25)17-5-7-19(22)8-6-17/h1,3-8,15H,2,9-14H2. The molecule has 0 bridgehead atoms. The van der Waals surface area contributed by atoms with Gasteiger partial charge in [0, 0.05) is 36.8 Å². The maximum Gasteiger partial charge on any atom is 0.253 e. The fraction of sp³-hybridized carbons (Fsp3) is 0.350. The number of sulfonamides is 1. The molecule has 2 aromatic carbocycles. The van der Waals surface area contributed by atoms with Gasteiger partial charge in [-0.05, 0) is 54.8 Å². The minimum atomic E-state index is -3.43. The molecule has 0 aliphatic carbocycles. The predicted octanol–water partition coefficient (Wildman–Crippen LogP) is 3.20. The van der Waals surface area contributed by atoms with Gasteiger partial charge in [0.25, 0.3) is 5.91 Å². The molecule has 28 heavy (non-hydrogen) atoms. The van der Waals surface area contributed by atoms with E-state index in [4.69, 9.17) is 11.6 Å². The van der Waals surface area contributed by atoms with Crippen molar-refractivity contribution in [3.05, 3.63) is 70.5 Å². The van der Waals surface area contributed by atoms with E-state index < -0.39 is 15.8 Å². The molecule has 5 nitrogen and oxygen atoms in total. The first kappa shape index (κ1) is 20.8. The zero-order chi connectivity index (χ0) is 20.1. The first-order valence-electron chi connectivity index (χ1n) is 9.12. The Hall–Kier alpha value is -1.96. The number of aryl methyl sites for hydroxylation is 1. The van der Waals surface area contributed by atoms with E-state index in [1.54, 1.807) is 23.1 Å². The molecule has 1 fully saturated rings. The van der Waals surface area contributed by atoms with Crippen molar-refractivity contribution in [1.82, 2.24) is 9.21 Å². The third kappa shape index (κ3) is 5.31. The van der Waals surface area contributed by atoms with Crippen LogP contribution in [0.2, 0.25) is 5.02 Å². The van der Waals surface area contributed by atoms with Crippen LogP contribution < -0.4 is 0 Å². The molecule has 1 amide bonds. The highest BCUT2D eigenvalue weighted by molar-refractivity contribution is 7.89. The molecule has 2 aromatic rings. The molecular formula is C20H22ClFN2O3S. The number of hydrogen-bond acceptors (Lipinski definition) is 3. The Labute approximate surface area is 169 Å². The molecule has 1 aliphatic heterocycles. The van der Waals surface area contributed by atoms with Gasteiger partial charge in [-0.3, -0.25) is 4.79 Å². The number of halogens is 2. The summed E-state index contributed by atoms with van der Waals surface area (Å²) in [4.78, 5) is 14.2. The van der Waals surface area contributed by atoms with Crippen LogP contribution in [0.4, 0.5) is 4.39 Å². The van der Waals surface area contributed by atoms with E-state index in [2.05, 4.69) is 0 Å². The van der Waals surface area contributed by atoms with Crippen molar-refractivity contribution in [3.63, 3.8) is 0 Å². The van der Waals surface area contributed by atoms with Crippen molar-refractivity contribution >= 4 is 27.5 Å². The summed E-state index contributed by atoms with van der Waals surface area (Å²) in [6, 6.07) is 12.6. The number of nitrogens with zero attached hydrogens (tertiary/aromatic N) is 2. The zero-order valence-electron chi connectivity index (χ0n) is 15.4. The van der Waals surface area contributed by atoms with Gasteiger partial charge in [0.1, 0.15) is 5.82 Å². The second-order valence-electron chi connectivity index (χ2n) is 6.75. The van der Waals surface area contributed by atoms with Crippen molar-refractivity contribution in [1.29, 1.82) is 0 Å². The molecule has 0 spiro atoms. The lowest BCUT2D eigenvalue weighted by atomic mass is 10.2. The highest BCUT2D eigenvalue weighted by Crippen LogP contribution is 2.15. The van der Waals surface area contributed by atoms with Gasteiger partial charge in [0.2, 0.25) is 10.0 Å². The van der Waals surface area contributed by atoms with Crippen LogP contribution in [0.15, 0.2) is 48.5 Å². The van der Waals surface area contributed by atoms with E-state index >= 15 is 0 Å². The lowest BCUT2D eigenvalue weighted by molar-refractivity contribution is 0.0764. The molecule has 8 heteroatoms. The van der Waals surface area contributed by atoms with Gasteiger partial charge in [-0.1, -0.05) is 23.7 Å². The lowest BCUT2D eigenvalue weighted by Crippen LogP contribution is -2.38. The van der Waals surface area contributed by atoms with Gasteiger partial charge >= 0.3 is 0 Å². The van der Waals surface area contributed by atoms with E-state index in [-0.39, 0.29) is 18.2 Å². The summed E-state index contributed by atoms with van der Waals surface area (Å²) in [7, 11) is -3.43. The largest absolute Gasteiger partial charge is 0.337 e. The Morgan fingerprint density at radius 3 is 2.50 bits per heavy atom. The van der Waals surface area contributed by atoms with Crippen molar-refractivity contribution in [2.45, 2.75) is 12.8 Å². The molecule has 3 rings (SSSR count). The normalized spacial score (nSPS) is 16.0. The molecule has 0 unspecified atom stereocenters. The van der Waals surface area contributed by atoms with Crippen LogP contribution in [0.1, 0.15) is 22.3 Å². The minimum absolute atomic E-state index is 0.000743. The van der Waals surface area contributed by atoms with E-state index in [9.17, 15) is 17.6 Å². The van der Waals surface area contributed by atoms with Crippen LogP contribution >= 0.6 is 11.6 Å². The van der Waals surface area contributed by atoms with Crippen LogP contribution in [-0.4, -0.2) is 55.5 Å². The quantitative estimate of drug-likeness (QED) is 0.740. The molecule has 0 aromatic heterocycles. The summed E-state index contributed by atoms with van der Waals surface area (Å²) in [6.07, 6.45) is 0.945. The highest BCUT2D eigenvalue weighted by Gasteiger charge is 2.27. The first-order chi connectivity index (χ1) is 13.3. The highest BCUT2D eigenvalue weighted by atomic mass is 35.5. The van der Waals surface area contributed by atoms with Crippen molar-refractivity contribution in [2.24, 2.45) is 0 Å². The molecule has 0 N–H and O–H groups in total. The third-order valence-electron chi connectivity index (χ3n) is 4.76. The van der Waals surface area contributed by atoms with Gasteiger partial charge in [-0.15, -0.1) is 0 Å². The number of carbonyl (C=O) groups is 1. The Morgan fingerprint density at radius 1 is 1.04 bits per heavy atom. The third-order valence-corrected chi connectivity index (χ3v) is 6.87. The van der Waals surface area contributed by atoms with Gasteiger partial charge in [0.05, 0.1) is 5.75 Å². The Morgan fingerprint density at radius 2 is 1.79 bits per heavy atom. The molecule has 0 saturated carbocycles. The van der Waals surface area contributed by atoms with Gasteiger partial charge in [0.15, 0.2) is 0 Å². The minimum Gasteiger partial charge on any atom is -0.337 e. The number of carbonyl (C=O) groups excluding carboxylic acids is 1. The predicted molar refractivity (Wildman–Crippen MR) is 107 cm³/mol. The summed E-state index contributed by atoms with van der Waals surface area (Å²) < 4.78 is 40.0. The second-order valence-corrected chi connectivity index (χ2v) is 9.27. The Balaban J connectivity index is 1.60. The number of hydrogen-bond donors (Lipinski definition) is 0. The topological polar surface area (TPSA) is 57.7 Å². The van der Waals surface area contributed by atoms with Crippen LogP contribution in [0, 0.1) is 5.82 Å². The molecule has 0 radical (unpaired) electrons. The number of amides is 1. The summed E-state index contributed by atoms with van der Waals surface area (Å²) in [5, 5.41) is 0.583. The maximum atomic E-state index is 13.1. The SMILES string of the molecule is O=C(c1ccc(F)cc1)N1CCCN(S(=O)(=O)CCc2cccc(Cl)c2)CC1. The summed E-state index contributed by atoms with van der Waals surface area (Å²) in [5.41, 5.74) is 1.28. The molecule has 0 atom stereocenters. The van der Waals surface area contributed by atoms with E-state index in [1.165, 1.54) is 28.6 Å². The fourth-order valence-corrected chi connectivity index (χ4v) is 4.95. The van der Waals surface area contributed by atoms with Crippen LogP contribution in [0.3, 0.4) is 0 Å². The van der Waals surface area contributed by atoms with Crippen LogP contribution in [-0.2, 0) is 16.4 Å². The number of benzene rings is 2. The monoisotopic (exact) mass is 424 g/mol. The smallest absolute Gasteiger partial charge is 0.253 e. The average Bonchev–Trinajstić information content (AvgIpc) is 2.93. The lowest BCUT2D eigenvalue weighted by Gasteiger charge is -2.22. The first-order valence-corrected chi connectivity index (χ1v) is 11.1. The van der Waals surface area contributed by atoms with Gasteiger partial charge < -0.3 is 4.90 Å². The second kappa shape index (κ2) is 9.03. The summed E-state index contributed by atoms with van der Waals surface area (Å²) in [5.74, 6) is -0.609. The van der Waals surface area contributed by atoms with Crippen molar-refractivity contribution in [2.75, 3.05) is 31.9 Å². The van der Waals surface area contributed by atoms with Crippen LogP contribution in [0.5, 0.6) is 0 Å². The van der Waals surface area contributed by atoms with Crippen molar-refractivity contribution in [3.8, 4) is 0 Å². The Bertz CT molecular complexity index is 935. The molecule has 1 heterocycles. The van der Waals surface area contributed by atoms with E-state index in [0.717, 1.165) is 5.56 Å². The van der Waals surface area contributed by atoms with E-state index in [0.29, 0.717) is 43.1 Å². The maximum absolute atomic E-state index is 13.1. The molecular weight excluding hydrogens is 403 g/mol. The van der Waals surface area contributed by atoms with Crippen molar-refractivity contribution < 1.29 is 17.6 Å². The van der Waals surface area contributed by atoms with Crippen LogP contribution in [0.25, 0.3) is 0 Å². The molecule has 150 valence electrons. The average molecular weight is 425 g/mol. The Kier molecular flexibility index (Phi) is 6.69. The fourth-order valence-electron chi connectivity index (χ4n) is 3.22. The zero-order valence-corrected chi connectivity index (χ0v) is 16.9. The van der Waals surface area contributed by atoms with Gasteiger partial charge in [-0.25, -0.2) is 17.1 Å².